The van der Waals surface area contributed by atoms with Crippen molar-refractivity contribution >= 4 is 27.3 Å². The van der Waals surface area contributed by atoms with Gasteiger partial charge in [-0.05, 0) is 49.1 Å². The SMILES string of the molecule is Cc1c(Br)cccc1-c1ccc(CNC2CC2)s1. The average Bonchev–Trinajstić information content (AvgIpc) is 3.08. The lowest BCUT2D eigenvalue weighted by atomic mass is 10.1. The van der Waals surface area contributed by atoms with Gasteiger partial charge in [0.2, 0.25) is 0 Å². The van der Waals surface area contributed by atoms with Gasteiger partial charge < -0.3 is 5.32 Å². The van der Waals surface area contributed by atoms with E-state index in [4.69, 9.17) is 0 Å². The van der Waals surface area contributed by atoms with Crippen LogP contribution < -0.4 is 5.32 Å². The van der Waals surface area contributed by atoms with E-state index in [1.807, 2.05) is 11.3 Å². The number of benzene rings is 1. The summed E-state index contributed by atoms with van der Waals surface area (Å²) in [6, 6.07) is 11.7. The van der Waals surface area contributed by atoms with E-state index < -0.39 is 0 Å². The van der Waals surface area contributed by atoms with Crippen LogP contribution in [0.3, 0.4) is 0 Å². The fourth-order valence-electron chi connectivity index (χ4n) is 2.02. The van der Waals surface area contributed by atoms with Crippen molar-refractivity contribution in [3.05, 3.63) is 45.2 Å². The summed E-state index contributed by atoms with van der Waals surface area (Å²) in [5.41, 5.74) is 2.66. The van der Waals surface area contributed by atoms with Crippen LogP contribution >= 0.6 is 27.3 Å². The summed E-state index contributed by atoms with van der Waals surface area (Å²) in [7, 11) is 0. The molecule has 0 amide bonds. The minimum atomic E-state index is 0.781. The fourth-order valence-corrected chi connectivity index (χ4v) is 3.43. The Balaban J connectivity index is 1.80. The number of nitrogens with one attached hydrogen (secondary N) is 1. The first-order valence-corrected chi connectivity index (χ1v) is 7.92. The Labute approximate surface area is 120 Å². The highest BCUT2D eigenvalue weighted by Crippen LogP contribution is 2.33. The summed E-state index contributed by atoms with van der Waals surface area (Å²) in [5, 5.41) is 3.56. The van der Waals surface area contributed by atoms with E-state index in [1.165, 1.54) is 38.2 Å². The van der Waals surface area contributed by atoms with Gasteiger partial charge in [-0.15, -0.1) is 11.3 Å². The molecule has 3 rings (SSSR count). The Hall–Kier alpha value is -0.640. The molecule has 0 spiro atoms. The fraction of sp³-hybridized carbons (Fsp3) is 0.333. The van der Waals surface area contributed by atoms with Crippen LogP contribution in [0.2, 0.25) is 0 Å². The molecule has 1 N–H and O–H groups in total. The molecule has 18 heavy (non-hydrogen) atoms. The van der Waals surface area contributed by atoms with Crippen molar-refractivity contribution in [1.29, 1.82) is 0 Å². The van der Waals surface area contributed by atoms with E-state index in [1.54, 1.807) is 0 Å². The van der Waals surface area contributed by atoms with Crippen LogP contribution in [0.15, 0.2) is 34.8 Å². The Morgan fingerprint density at radius 3 is 2.89 bits per heavy atom. The number of hydrogen-bond acceptors (Lipinski definition) is 2. The molecule has 1 aromatic heterocycles. The Kier molecular flexibility index (Phi) is 3.55. The first kappa shape index (κ1) is 12.4. The predicted molar refractivity (Wildman–Crippen MR) is 82.1 cm³/mol. The van der Waals surface area contributed by atoms with Crippen LogP contribution in [0.5, 0.6) is 0 Å². The van der Waals surface area contributed by atoms with Crippen LogP contribution in [-0.4, -0.2) is 6.04 Å². The van der Waals surface area contributed by atoms with Gasteiger partial charge >= 0.3 is 0 Å². The summed E-state index contributed by atoms with van der Waals surface area (Å²) in [6.45, 7) is 3.18. The molecule has 94 valence electrons. The number of thiophene rings is 1. The molecule has 0 radical (unpaired) electrons. The van der Waals surface area contributed by atoms with Gasteiger partial charge in [0.05, 0.1) is 0 Å². The summed E-state index contributed by atoms with van der Waals surface area (Å²) in [5.74, 6) is 0. The van der Waals surface area contributed by atoms with Crippen molar-refractivity contribution < 1.29 is 0 Å². The molecule has 0 atom stereocenters. The van der Waals surface area contributed by atoms with Gasteiger partial charge in [-0.1, -0.05) is 28.1 Å². The van der Waals surface area contributed by atoms with Gasteiger partial charge in [-0.2, -0.15) is 0 Å². The standard InChI is InChI=1S/C15H16BrNS/c1-10-13(3-2-4-14(10)16)15-8-7-12(18-15)9-17-11-5-6-11/h2-4,7-8,11,17H,5-6,9H2,1H3. The molecular weight excluding hydrogens is 306 g/mol. The first-order chi connectivity index (χ1) is 8.74. The van der Waals surface area contributed by atoms with E-state index in [2.05, 4.69) is 58.5 Å². The molecule has 0 aliphatic heterocycles. The Morgan fingerprint density at radius 1 is 1.28 bits per heavy atom. The van der Waals surface area contributed by atoms with E-state index in [9.17, 15) is 0 Å². The number of halogens is 1. The van der Waals surface area contributed by atoms with Crippen LogP contribution in [0.25, 0.3) is 10.4 Å². The van der Waals surface area contributed by atoms with Crippen molar-refractivity contribution in [2.75, 3.05) is 0 Å². The average molecular weight is 322 g/mol. The normalized spacial score (nSPS) is 15.0. The van der Waals surface area contributed by atoms with Crippen molar-refractivity contribution in [3.8, 4) is 10.4 Å². The lowest BCUT2D eigenvalue weighted by Gasteiger charge is -2.05. The minimum Gasteiger partial charge on any atom is -0.309 e. The third kappa shape index (κ3) is 2.68. The van der Waals surface area contributed by atoms with Gasteiger partial charge in [0.25, 0.3) is 0 Å². The van der Waals surface area contributed by atoms with Crippen LogP contribution in [-0.2, 0) is 6.54 Å². The molecular formula is C15H16BrNS. The van der Waals surface area contributed by atoms with Crippen molar-refractivity contribution in [2.45, 2.75) is 32.4 Å². The van der Waals surface area contributed by atoms with Crippen LogP contribution in [0.4, 0.5) is 0 Å². The van der Waals surface area contributed by atoms with Crippen molar-refractivity contribution in [1.82, 2.24) is 5.32 Å². The summed E-state index contributed by atoms with van der Waals surface area (Å²) in [6.07, 6.45) is 2.70. The van der Waals surface area contributed by atoms with Crippen molar-refractivity contribution in [2.24, 2.45) is 0 Å². The molecule has 1 saturated carbocycles. The molecule has 0 saturated heterocycles. The Morgan fingerprint density at radius 2 is 2.11 bits per heavy atom. The van der Waals surface area contributed by atoms with Gasteiger partial charge in [-0.25, -0.2) is 0 Å². The molecule has 2 aromatic rings. The molecule has 1 aliphatic carbocycles. The third-order valence-electron chi connectivity index (χ3n) is 3.34. The first-order valence-electron chi connectivity index (χ1n) is 6.31. The highest BCUT2D eigenvalue weighted by atomic mass is 79.9. The summed E-state index contributed by atoms with van der Waals surface area (Å²) < 4.78 is 1.19. The second kappa shape index (κ2) is 5.16. The maximum Gasteiger partial charge on any atom is 0.0349 e. The molecule has 0 bridgehead atoms. The zero-order chi connectivity index (χ0) is 12.5. The maximum atomic E-state index is 3.60. The molecule has 1 aromatic carbocycles. The van der Waals surface area contributed by atoms with Gasteiger partial charge in [0, 0.05) is 26.8 Å². The van der Waals surface area contributed by atoms with Crippen LogP contribution in [0, 0.1) is 6.92 Å². The molecule has 1 aliphatic rings. The van der Waals surface area contributed by atoms with Gasteiger partial charge in [-0.3, -0.25) is 0 Å². The quantitative estimate of drug-likeness (QED) is 0.857. The number of rotatable bonds is 4. The van der Waals surface area contributed by atoms with Crippen LogP contribution in [0.1, 0.15) is 23.3 Å². The zero-order valence-corrected chi connectivity index (χ0v) is 12.8. The monoisotopic (exact) mass is 321 g/mol. The predicted octanol–water partition coefficient (Wildman–Crippen LogP) is 4.74. The highest BCUT2D eigenvalue weighted by molar-refractivity contribution is 9.10. The molecule has 1 heterocycles. The lowest BCUT2D eigenvalue weighted by Crippen LogP contribution is -2.14. The van der Waals surface area contributed by atoms with Crippen molar-refractivity contribution in [3.63, 3.8) is 0 Å². The molecule has 1 nitrogen and oxygen atoms in total. The third-order valence-corrected chi connectivity index (χ3v) is 5.31. The molecule has 1 fully saturated rings. The largest absolute Gasteiger partial charge is 0.309 e. The smallest absolute Gasteiger partial charge is 0.0349 e. The zero-order valence-electron chi connectivity index (χ0n) is 10.4. The highest BCUT2D eigenvalue weighted by Gasteiger charge is 2.20. The lowest BCUT2D eigenvalue weighted by molar-refractivity contribution is 0.695. The van der Waals surface area contributed by atoms with E-state index in [0.717, 1.165) is 12.6 Å². The summed E-state index contributed by atoms with van der Waals surface area (Å²) >= 11 is 5.50. The maximum absolute atomic E-state index is 3.60. The van der Waals surface area contributed by atoms with Gasteiger partial charge in [0.15, 0.2) is 0 Å². The molecule has 3 heteroatoms. The summed E-state index contributed by atoms with van der Waals surface area (Å²) in [4.78, 5) is 2.79. The topological polar surface area (TPSA) is 12.0 Å². The molecule has 0 unspecified atom stereocenters. The second-order valence-electron chi connectivity index (χ2n) is 4.83. The number of hydrogen-bond donors (Lipinski definition) is 1. The minimum absolute atomic E-state index is 0.781. The Bertz CT molecular complexity index is 557. The van der Waals surface area contributed by atoms with E-state index in [0.29, 0.717) is 0 Å². The van der Waals surface area contributed by atoms with Gasteiger partial charge in [0.1, 0.15) is 0 Å². The van der Waals surface area contributed by atoms with E-state index >= 15 is 0 Å². The van der Waals surface area contributed by atoms with E-state index in [-0.39, 0.29) is 0 Å². The second-order valence-corrected chi connectivity index (χ2v) is 6.86.